The Bertz CT molecular complexity index is 476. The average molecular weight is 275 g/mol. The number of nitrogens with two attached hydrogens (primary N) is 1. The summed E-state index contributed by atoms with van der Waals surface area (Å²) in [5.74, 6) is -0.165. The van der Waals surface area contributed by atoms with Crippen molar-refractivity contribution in [2.24, 2.45) is 5.73 Å². The Morgan fingerprint density at radius 2 is 1.85 bits per heavy atom. The smallest absolute Gasteiger partial charge is 0.221 e. The summed E-state index contributed by atoms with van der Waals surface area (Å²) in [6.07, 6.45) is 2.20. The monoisotopic (exact) mass is 275 g/mol. The number of carbonyl (C=O) groups excluding carboxylic acids is 2. The fraction of sp³-hybridized carbons (Fsp3) is 0.467. The molecule has 1 fully saturated rings. The highest BCUT2D eigenvalue weighted by Crippen LogP contribution is 2.17. The summed E-state index contributed by atoms with van der Waals surface area (Å²) in [4.78, 5) is 24.0. The van der Waals surface area contributed by atoms with Gasteiger partial charge in [-0.15, -0.1) is 0 Å². The summed E-state index contributed by atoms with van der Waals surface area (Å²) in [5, 5.41) is 3.47. The van der Waals surface area contributed by atoms with E-state index in [1.807, 2.05) is 29.2 Å². The highest BCUT2D eigenvalue weighted by molar-refractivity contribution is 5.76. The number of benzene rings is 1. The van der Waals surface area contributed by atoms with Crippen molar-refractivity contribution in [3.8, 4) is 0 Å². The first kappa shape index (κ1) is 14.4. The molecule has 1 heterocycles. The summed E-state index contributed by atoms with van der Waals surface area (Å²) >= 11 is 0. The largest absolute Gasteiger partial charge is 0.382 e. The lowest BCUT2D eigenvalue weighted by Gasteiger charge is -2.32. The van der Waals surface area contributed by atoms with E-state index in [9.17, 15) is 9.59 Å². The molecule has 5 nitrogen and oxygen atoms in total. The first-order valence-corrected chi connectivity index (χ1v) is 6.94. The second-order valence-electron chi connectivity index (χ2n) is 5.26. The minimum absolute atomic E-state index is 0.152. The van der Waals surface area contributed by atoms with Gasteiger partial charge in [0.2, 0.25) is 11.8 Å². The molecule has 0 aromatic heterocycles. The standard InChI is InChI=1S/C15H21N3O2/c1-11(19)18-8-6-14(7-9-18)17-13-4-2-12(3-5-13)10-15(16)20/h2-5,14,17H,6-10H2,1H3,(H2,16,20). The molecule has 0 aliphatic carbocycles. The second kappa shape index (κ2) is 6.41. The molecule has 2 amide bonds. The van der Waals surface area contributed by atoms with E-state index in [1.165, 1.54) is 0 Å². The molecule has 1 aliphatic heterocycles. The lowest BCUT2D eigenvalue weighted by molar-refractivity contribution is -0.129. The maximum atomic E-state index is 11.3. The van der Waals surface area contributed by atoms with Crippen LogP contribution in [-0.4, -0.2) is 35.8 Å². The Kier molecular flexibility index (Phi) is 4.61. The predicted octanol–water partition coefficient (Wildman–Crippen LogP) is 1.14. The van der Waals surface area contributed by atoms with E-state index in [1.54, 1.807) is 6.92 Å². The van der Waals surface area contributed by atoms with Crippen molar-refractivity contribution in [1.29, 1.82) is 0 Å². The molecule has 1 aliphatic rings. The third kappa shape index (κ3) is 3.98. The van der Waals surface area contributed by atoms with E-state index in [0.717, 1.165) is 37.2 Å². The number of hydrogen-bond acceptors (Lipinski definition) is 3. The van der Waals surface area contributed by atoms with Gasteiger partial charge in [0, 0.05) is 31.7 Å². The average Bonchev–Trinajstić information content (AvgIpc) is 2.41. The number of primary amides is 1. The molecule has 108 valence electrons. The molecular weight excluding hydrogens is 254 g/mol. The van der Waals surface area contributed by atoms with E-state index < -0.39 is 0 Å². The van der Waals surface area contributed by atoms with Crippen LogP contribution in [0.3, 0.4) is 0 Å². The van der Waals surface area contributed by atoms with Gasteiger partial charge in [0.15, 0.2) is 0 Å². The van der Waals surface area contributed by atoms with Crippen LogP contribution in [0.2, 0.25) is 0 Å². The predicted molar refractivity (Wildman–Crippen MR) is 78.2 cm³/mol. The van der Waals surface area contributed by atoms with Crippen molar-refractivity contribution in [2.45, 2.75) is 32.2 Å². The summed E-state index contributed by atoms with van der Waals surface area (Å²) in [6.45, 7) is 3.24. The summed E-state index contributed by atoms with van der Waals surface area (Å²) in [5.41, 5.74) is 7.13. The van der Waals surface area contributed by atoms with Gasteiger partial charge in [-0.25, -0.2) is 0 Å². The van der Waals surface area contributed by atoms with E-state index in [4.69, 9.17) is 5.73 Å². The van der Waals surface area contributed by atoms with Gasteiger partial charge in [-0.2, -0.15) is 0 Å². The number of amides is 2. The van der Waals surface area contributed by atoms with Gasteiger partial charge in [-0.05, 0) is 30.5 Å². The fourth-order valence-electron chi connectivity index (χ4n) is 2.49. The zero-order valence-corrected chi connectivity index (χ0v) is 11.8. The molecule has 0 radical (unpaired) electrons. The molecule has 1 saturated heterocycles. The molecular formula is C15H21N3O2. The molecule has 1 aromatic carbocycles. The minimum atomic E-state index is -0.317. The van der Waals surface area contributed by atoms with Crippen molar-refractivity contribution < 1.29 is 9.59 Å². The molecule has 5 heteroatoms. The van der Waals surface area contributed by atoms with Crippen LogP contribution >= 0.6 is 0 Å². The van der Waals surface area contributed by atoms with Crippen molar-refractivity contribution >= 4 is 17.5 Å². The third-order valence-electron chi connectivity index (χ3n) is 3.64. The lowest BCUT2D eigenvalue weighted by Crippen LogP contribution is -2.41. The summed E-state index contributed by atoms with van der Waals surface area (Å²) < 4.78 is 0. The van der Waals surface area contributed by atoms with Crippen LogP contribution in [0, 0.1) is 0 Å². The maximum Gasteiger partial charge on any atom is 0.221 e. The summed E-state index contributed by atoms with van der Waals surface area (Å²) in [6, 6.07) is 8.16. The normalized spacial score (nSPS) is 15.9. The van der Waals surface area contributed by atoms with Crippen LogP contribution in [0.4, 0.5) is 5.69 Å². The van der Waals surface area contributed by atoms with Crippen LogP contribution in [0.5, 0.6) is 0 Å². The molecule has 1 aromatic rings. The van der Waals surface area contributed by atoms with Crippen LogP contribution < -0.4 is 11.1 Å². The Morgan fingerprint density at radius 3 is 2.35 bits per heavy atom. The van der Waals surface area contributed by atoms with Crippen molar-refractivity contribution in [1.82, 2.24) is 4.90 Å². The van der Waals surface area contributed by atoms with Gasteiger partial charge >= 0.3 is 0 Å². The molecule has 0 spiro atoms. The van der Waals surface area contributed by atoms with E-state index >= 15 is 0 Å². The molecule has 20 heavy (non-hydrogen) atoms. The van der Waals surface area contributed by atoms with Crippen molar-refractivity contribution in [3.05, 3.63) is 29.8 Å². The third-order valence-corrected chi connectivity index (χ3v) is 3.64. The number of likely N-dealkylation sites (tertiary alicyclic amines) is 1. The Hall–Kier alpha value is -2.04. The lowest BCUT2D eigenvalue weighted by atomic mass is 10.0. The number of anilines is 1. The highest BCUT2D eigenvalue weighted by Gasteiger charge is 2.20. The highest BCUT2D eigenvalue weighted by atomic mass is 16.2. The number of nitrogens with zero attached hydrogens (tertiary/aromatic N) is 1. The van der Waals surface area contributed by atoms with E-state index in [0.29, 0.717) is 6.04 Å². The van der Waals surface area contributed by atoms with Gasteiger partial charge in [0.25, 0.3) is 0 Å². The SMILES string of the molecule is CC(=O)N1CCC(Nc2ccc(CC(N)=O)cc2)CC1. The van der Waals surface area contributed by atoms with Crippen molar-refractivity contribution in [2.75, 3.05) is 18.4 Å². The van der Waals surface area contributed by atoms with Gasteiger partial charge in [-0.3, -0.25) is 9.59 Å². The zero-order valence-electron chi connectivity index (χ0n) is 11.8. The Balaban J connectivity index is 1.85. The van der Waals surface area contributed by atoms with Gasteiger partial charge in [0.05, 0.1) is 6.42 Å². The summed E-state index contributed by atoms with van der Waals surface area (Å²) in [7, 11) is 0. The fourth-order valence-corrected chi connectivity index (χ4v) is 2.49. The van der Waals surface area contributed by atoms with Gasteiger partial charge in [-0.1, -0.05) is 12.1 Å². The Morgan fingerprint density at radius 1 is 1.25 bits per heavy atom. The van der Waals surface area contributed by atoms with Crippen LogP contribution in [0.25, 0.3) is 0 Å². The van der Waals surface area contributed by atoms with Gasteiger partial charge in [0.1, 0.15) is 0 Å². The zero-order chi connectivity index (χ0) is 14.5. The van der Waals surface area contributed by atoms with Gasteiger partial charge < -0.3 is 16.0 Å². The van der Waals surface area contributed by atoms with Crippen LogP contribution in [0.15, 0.2) is 24.3 Å². The molecule has 3 N–H and O–H groups in total. The van der Waals surface area contributed by atoms with Crippen LogP contribution in [-0.2, 0) is 16.0 Å². The number of hydrogen-bond donors (Lipinski definition) is 2. The van der Waals surface area contributed by atoms with E-state index in [2.05, 4.69) is 5.32 Å². The topological polar surface area (TPSA) is 75.4 Å². The quantitative estimate of drug-likeness (QED) is 0.865. The van der Waals surface area contributed by atoms with Crippen molar-refractivity contribution in [3.63, 3.8) is 0 Å². The molecule has 0 unspecified atom stereocenters. The number of rotatable bonds is 4. The first-order valence-electron chi connectivity index (χ1n) is 6.94. The Labute approximate surface area is 119 Å². The van der Waals surface area contributed by atoms with Crippen LogP contribution in [0.1, 0.15) is 25.3 Å². The second-order valence-corrected chi connectivity index (χ2v) is 5.26. The maximum absolute atomic E-state index is 11.3. The molecule has 0 bridgehead atoms. The molecule has 0 saturated carbocycles. The number of nitrogens with one attached hydrogen (secondary N) is 1. The van der Waals surface area contributed by atoms with E-state index in [-0.39, 0.29) is 18.2 Å². The number of piperidine rings is 1. The molecule has 0 atom stereocenters. The minimum Gasteiger partial charge on any atom is -0.382 e. The number of carbonyl (C=O) groups is 2. The molecule has 2 rings (SSSR count). The first-order chi connectivity index (χ1) is 9.54.